The Morgan fingerprint density at radius 3 is 2.24 bits per heavy atom. The molecule has 0 radical (unpaired) electrons. The van der Waals surface area contributed by atoms with Crippen LogP contribution in [0.4, 0.5) is 23.9 Å². The number of para-hydroxylation sites is 1. The number of rotatable bonds is 10. The van der Waals surface area contributed by atoms with Crippen LogP contribution in [0.3, 0.4) is 0 Å². The molecule has 2 rings (SSSR count). The molecule has 33 heavy (non-hydrogen) atoms. The zero-order valence-electron chi connectivity index (χ0n) is 18.5. The fourth-order valence-corrected chi connectivity index (χ4v) is 3.95. The minimum absolute atomic E-state index is 0.188. The summed E-state index contributed by atoms with van der Waals surface area (Å²) in [6.07, 6.45) is -3.93. The topological polar surface area (TPSA) is 87.7 Å². The Bertz CT molecular complexity index is 992. The fraction of sp³-hybridized carbons (Fsp3) is 0.409. The summed E-state index contributed by atoms with van der Waals surface area (Å²) in [5, 5.41) is 5.30. The average molecular weight is 486 g/mol. The highest BCUT2D eigenvalue weighted by Crippen LogP contribution is 2.34. The number of hydrogen-bond acceptors (Lipinski definition) is 6. The Morgan fingerprint density at radius 2 is 1.67 bits per heavy atom. The lowest BCUT2D eigenvalue weighted by Gasteiger charge is -2.20. The molecule has 2 amide bonds. The van der Waals surface area contributed by atoms with Gasteiger partial charge in [0.1, 0.15) is 5.00 Å². The monoisotopic (exact) mass is 485 g/mol. The predicted octanol–water partition coefficient (Wildman–Crippen LogP) is 4.41. The van der Waals surface area contributed by atoms with Gasteiger partial charge in [-0.15, -0.1) is 11.3 Å². The number of esters is 1. The zero-order chi connectivity index (χ0) is 24.6. The number of carbonyl (C=O) groups excluding carboxylic acids is 3. The highest BCUT2D eigenvalue weighted by molar-refractivity contribution is 7.16. The predicted molar refractivity (Wildman–Crippen MR) is 120 cm³/mol. The molecular formula is C22H26F3N3O4S. The van der Waals surface area contributed by atoms with Crippen LogP contribution >= 0.6 is 11.3 Å². The largest absolute Gasteiger partial charge is 0.462 e. The summed E-state index contributed by atoms with van der Waals surface area (Å²) in [6, 6.07) is 6.35. The summed E-state index contributed by atoms with van der Waals surface area (Å²) in [6.45, 7) is 5.34. The maximum atomic E-state index is 13.1. The Morgan fingerprint density at radius 1 is 1.03 bits per heavy atom. The summed E-state index contributed by atoms with van der Waals surface area (Å²) in [7, 11) is 0. The van der Waals surface area contributed by atoms with Gasteiger partial charge in [0.15, 0.2) is 0 Å². The lowest BCUT2D eigenvalue weighted by Crippen LogP contribution is -2.38. The van der Waals surface area contributed by atoms with Gasteiger partial charge in [0, 0.05) is 4.88 Å². The van der Waals surface area contributed by atoms with Crippen LogP contribution in [0.2, 0.25) is 0 Å². The van der Waals surface area contributed by atoms with Gasteiger partial charge in [0.05, 0.1) is 36.5 Å². The second-order valence-electron chi connectivity index (χ2n) is 6.97. The van der Waals surface area contributed by atoms with E-state index in [4.69, 9.17) is 4.74 Å². The van der Waals surface area contributed by atoms with Gasteiger partial charge < -0.3 is 15.4 Å². The molecule has 1 aromatic heterocycles. The van der Waals surface area contributed by atoms with Gasteiger partial charge in [0.2, 0.25) is 11.8 Å². The van der Waals surface area contributed by atoms with Gasteiger partial charge >= 0.3 is 12.1 Å². The molecule has 180 valence electrons. The molecule has 7 nitrogen and oxygen atoms in total. The van der Waals surface area contributed by atoms with Crippen molar-refractivity contribution in [3.8, 4) is 0 Å². The molecule has 1 heterocycles. The van der Waals surface area contributed by atoms with E-state index in [9.17, 15) is 27.6 Å². The van der Waals surface area contributed by atoms with Crippen molar-refractivity contribution in [3.05, 3.63) is 46.3 Å². The molecule has 0 bridgehead atoms. The van der Waals surface area contributed by atoms with Crippen LogP contribution in [0, 0.1) is 0 Å². The van der Waals surface area contributed by atoms with E-state index in [-0.39, 0.29) is 30.9 Å². The molecule has 0 spiro atoms. The smallest absolute Gasteiger partial charge is 0.418 e. The normalized spacial score (nSPS) is 11.4. The van der Waals surface area contributed by atoms with Gasteiger partial charge in [-0.05, 0) is 38.1 Å². The minimum atomic E-state index is -4.61. The van der Waals surface area contributed by atoms with E-state index in [0.29, 0.717) is 18.0 Å². The van der Waals surface area contributed by atoms with Crippen molar-refractivity contribution in [3.63, 3.8) is 0 Å². The first-order valence-corrected chi connectivity index (χ1v) is 11.2. The molecule has 0 aliphatic heterocycles. The van der Waals surface area contributed by atoms with E-state index < -0.39 is 29.5 Å². The number of likely N-dealkylation sites (N-methyl/N-ethyl adjacent to an activating group) is 1. The number of ether oxygens (including phenoxy) is 1. The van der Waals surface area contributed by atoms with Gasteiger partial charge in [-0.2, -0.15) is 13.2 Å². The molecule has 0 atom stereocenters. The number of benzene rings is 1. The zero-order valence-corrected chi connectivity index (χ0v) is 19.4. The Kier molecular flexibility index (Phi) is 9.42. The number of hydrogen-bond donors (Lipinski definition) is 2. The number of carbonyl (C=O) groups is 3. The van der Waals surface area contributed by atoms with Crippen LogP contribution in [-0.4, -0.2) is 48.9 Å². The third kappa shape index (κ3) is 7.57. The Hall–Kier alpha value is -2.92. The molecule has 2 aromatic rings. The third-order valence-corrected chi connectivity index (χ3v) is 5.76. The van der Waals surface area contributed by atoms with E-state index >= 15 is 0 Å². The first-order valence-electron chi connectivity index (χ1n) is 10.4. The third-order valence-electron chi connectivity index (χ3n) is 4.57. The van der Waals surface area contributed by atoms with Crippen molar-refractivity contribution >= 4 is 39.8 Å². The van der Waals surface area contributed by atoms with Crippen LogP contribution in [-0.2, 0) is 26.9 Å². The number of alkyl halides is 3. The van der Waals surface area contributed by atoms with Gasteiger partial charge in [0.25, 0.3) is 0 Å². The molecular weight excluding hydrogens is 459 g/mol. The lowest BCUT2D eigenvalue weighted by atomic mass is 10.1. The Balaban J connectivity index is 2.03. The number of amides is 2. The second-order valence-corrected chi connectivity index (χ2v) is 8.11. The Labute approximate surface area is 193 Å². The van der Waals surface area contributed by atoms with Crippen molar-refractivity contribution in [1.29, 1.82) is 0 Å². The molecule has 0 fully saturated rings. The first kappa shape index (κ1) is 26.3. The summed E-state index contributed by atoms with van der Waals surface area (Å²) < 4.78 is 44.4. The number of anilines is 2. The van der Waals surface area contributed by atoms with Crippen molar-refractivity contribution in [1.82, 2.24) is 4.90 Å². The van der Waals surface area contributed by atoms with E-state index in [1.165, 1.54) is 34.4 Å². The van der Waals surface area contributed by atoms with Gasteiger partial charge in [-0.1, -0.05) is 26.0 Å². The molecule has 2 N–H and O–H groups in total. The molecule has 1 aromatic carbocycles. The van der Waals surface area contributed by atoms with E-state index in [1.807, 2.05) is 6.92 Å². The molecule has 0 saturated heterocycles. The molecule has 0 aliphatic rings. The summed E-state index contributed by atoms with van der Waals surface area (Å²) in [4.78, 5) is 39.4. The molecule has 11 heteroatoms. The van der Waals surface area contributed by atoms with Crippen molar-refractivity contribution in [2.45, 2.75) is 33.4 Å². The lowest BCUT2D eigenvalue weighted by molar-refractivity contribution is -0.137. The van der Waals surface area contributed by atoms with Crippen LogP contribution in [0.25, 0.3) is 0 Å². The average Bonchev–Trinajstić information content (AvgIpc) is 3.15. The van der Waals surface area contributed by atoms with Gasteiger partial charge in [-0.3, -0.25) is 14.5 Å². The van der Waals surface area contributed by atoms with Crippen molar-refractivity contribution < 1.29 is 32.3 Å². The molecule has 0 unspecified atom stereocenters. The number of nitrogens with zero attached hydrogens (tertiary/aromatic N) is 1. The van der Waals surface area contributed by atoms with Crippen LogP contribution in [0.5, 0.6) is 0 Å². The summed E-state index contributed by atoms with van der Waals surface area (Å²) >= 11 is 1.26. The molecule has 0 aliphatic carbocycles. The van der Waals surface area contributed by atoms with Gasteiger partial charge in [-0.25, -0.2) is 4.79 Å². The van der Waals surface area contributed by atoms with Crippen LogP contribution in [0.1, 0.15) is 41.6 Å². The van der Waals surface area contributed by atoms with Crippen LogP contribution in [0.15, 0.2) is 30.3 Å². The first-order chi connectivity index (χ1) is 15.6. The SMILES string of the molecule is CCOC(=O)c1cc(CC)sc1NC(=O)CN(CC)CC(=O)Nc1ccccc1C(F)(F)F. The van der Waals surface area contributed by atoms with Crippen molar-refractivity contribution in [2.75, 3.05) is 36.9 Å². The van der Waals surface area contributed by atoms with E-state index in [0.717, 1.165) is 10.9 Å². The standard InChI is InChI=1S/C22H26F3N3O4S/c1-4-14-11-15(21(31)32-6-3)20(33-14)27-19(30)13-28(5-2)12-18(29)26-17-10-8-7-9-16(17)22(23,24)25/h7-11H,4-6,12-13H2,1-3H3,(H,26,29)(H,27,30). The highest BCUT2D eigenvalue weighted by atomic mass is 32.1. The quantitative estimate of drug-likeness (QED) is 0.487. The number of nitrogens with one attached hydrogen (secondary N) is 2. The number of thiophene rings is 1. The highest BCUT2D eigenvalue weighted by Gasteiger charge is 2.33. The maximum absolute atomic E-state index is 13.1. The maximum Gasteiger partial charge on any atom is 0.418 e. The summed E-state index contributed by atoms with van der Waals surface area (Å²) in [5.74, 6) is -1.69. The van der Waals surface area contributed by atoms with E-state index in [2.05, 4.69) is 10.6 Å². The molecule has 0 saturated carbocycles. The number of halogens is 3. The second kappa shape index (κ2) is 11.8. The summed E-state index contributed by atoms with van der Waals surface area (Å²) in [5.41, 5.74) is -1.04. The number of aryl methyl sites for hydroxylation is 1. The van der Waals surface area contributed by atoms with E-state index in [1.54, 1.807) is 19.9 Å². The van der Waals surface area contributed by atoms with Crippen LogP contribution < -0.4 is 10.6 Å². The minimum Gasteiger partial charge on any atom is -0.462 e. The fourth-order valence-electron chi connectivity index (χ4n) is 2.95. The van der Waals surface area contributed by atoms with Crippen molar-refractivity contribution in [2.24, 2.45) is 0 Å².